The molecule has 6 heteroatoms. The summed E-state index contributed by atoms with van der Waals surface area (Å²) in [4.78, 5) is 37.7. The van der Waals surface area contributed by atoms with Gasteiger partial charge in [-0.1, -0.05) is 6.07 Å². The molecule has 1 aliphatic heterocycles. The first-order valence-corrected chi connectivity index (χ1v) is 7.45. The number of amides is 2. The Hall–Kier alpha value is -1.53. The van der Waals surface area contributed by atoms with E-state index in [0.717, 1.165) is 4.88 Å². The van der Waals surface area contributed by atoms with Gasteiger partial charge in [0.25, 0.3) is 0 Å². The Bertz CT molecular complexity index is 523. The highest BCUT2D eigenvalue weighted by molar-refractivity contribution is 7.12. The van der Waals surface area contributed by atoms with Gasteiger partial charge in [0.2, 0.25) is 11.8 Å². The number of thiophene rings is 1. The van der Waals surface area contributed by atoms with Crippen LogP contribution >= 0.6 is 11.3 Å². The Morgan fingerprint density at radius 3 is 2.85 bits per heavy atom. The molecule has 0 aromatic carbocycles. The van der Waals surface area contributed by atoms with Crippen LogP contribution < -0.4 is 5.32 Å². The molecule has 0 spiro atoms. The van der Waals surface area contributed by atoms with Crippen LogP contribution in [0.1, 0.15) is 36.4 Å². The molecule has 1 aliphatic rings. The number of piperazine rings is 1. The van der Waals surface area contributed by atoms with E-state index in [-0.39, 0.29) is 24.1 Å². The first-order chi connectivity index (χ1) is 9.41. The number of ketones is 1. The van der Waals surface area contributed by atoms with Crippen molar-refractivity contribution in [3.8, 4) is 0 Å². The maximum atomic E-state index is 11.9. The Morgan fingerprint density at radius 1 is 1.45 bits per heavy atom. The molecule has 2 rings (SSSR count). The molecule has 1 aromatic rings. The molecule has 0 atom stereocenters. The molecule has 0 aliphatic carbocycles. The monoisotopic (exact) mass is 294 g/mol. The topological polar surface area (TPSA) is 66.5 Å². The molecule has 0 saturated carbocycles. The Labute approximate surface area is 122 Å². The Kier molecular flexibility index (Phi) is 4.35. The SMILES string of the molecule is CC1(C)C(=O)NC(=O)CN1CCCC(=O)c1cccs1. The van der Waals surface area contributed by atoms with Gasteiger partial charge in [-0.05, 0) is 31.7 Å². The second-order valence-corrected chi connectivity index (χ2v) is 6.31. The Morgan fingerprint density at radius 2 is 2.20 bits per heavy atom. The minimum Gasteiger partial charge on any atom is -0.294 e. The number of carbonyl (C=O) groups is 3. The van der Waals surface area contributed by atoms with Gasteiger partial charge in [-0.25, -0.2) is 0 Å². The fourth-order valence-corrected chi connectivity index (χ4v) is 2.88. The summed E-state index contributed by atoms with van der Waals surface area (Å²) in [6, 6.07) is 3.67. The normalized spacial score (nSPS) is 18.9. The molecule has 1 fully saturated rings. The van der Waals surface area contributed by atoms with Gasteiger partial charge in [-0.2, -0.15) is 0 Å². The van der Waals surface area contributed by atoms with E-state index in [9.17, 15) is 14.4 Å². The van der Waals surface area contributed by atoms with Gasteiger partial charge < -0.3 is 0 Å². The lowest BCUT2D eigenvalue weighted by atomic mass is 9.98. The summed E-state index contributed by atoms with van der Waals surface area (Å²) in [7, 11) is 0. The van der Waals surface area contributed by atoms with Crippen LogP contribution in [-0.2, 0) is 9.59 Å². The highest BCUT2D eigenvalue weighted by Gasteiger charge is 2.40. The molecule has 1 N–H and O–H groups in total. The van der Waals surface area contributed by atoms with Crippen LogP contribution in [0.5, 0.6) is 0 Å². The fourth-order valence-electron chi connectivity index (χ4n) is 2.18. The van der Waals surface area contributed by atoms with Crippen LogP contribution in [0.2, 0.25) is 0 Å². The van der Waals surface area contributed by atoms with Crippen LogP contribution in [0.15, 0.2) is 17.5 Å². The lowest BCUT2D eigenvalue weighted by molar-refractivity contribution is -0.145. The lowest BCUT2D eigenvalue weighted by Crippen LogP contribution is -2.64. The van der Waals surface area contributed by atoms with Crippen molar-refractivity contribution in [3.05, 3.63) is 22.4 Å². The largest absolute Gasteiger partial charge is 0.294 e. The molecule has 2 amide bonds. The molecule has 0 radical (unpaired) electrons. The van der Waals surface area contributed by atoms with Crippen LogP contribution in [0.3, 0.4) is 0 Å². The number of rotatable bonds is 5. The summed E-state index contributed by atoms with van der Waals surface area (Å²) in [5.74, 6) is -0.442. The van der Waals surface area contributed by atoms with Crippen molar-refractivity contribution >= 4 is 28.9 Å². The van der Waals surface area contributed by atoms with Gasteiger partial charge in [0.05, 0.1) is 17.0 Å². The van der Waals surface area contributed by atoms with Crippen molar-refractivity contribution in [2.45, 2.75) is 32.2 Å². The van der Waals surface area contributed by atoms with E-state index in [1.54, 1.807) is 13.8 Å². The van der Waals surface area contributed by atoms with Gasteiger partial charge in [0.1, 0.15) is 0 Å². The first-order valence-electron chi connectivity index (χ1n) is 6.57. The first kappa shape index (κ1) is 14.9. The predicted octanol–water partition coefficient (Wildman–Crippen LogP) is 1.45. The fraction of sp³-hybridized carbons (Fsp3) is 0.500. The van der Waals surface area contributed by atoms with Crippen molar-refractivity contribution in [2.75, 3.05) is 13.1 Å². The molecule has 0 unspecified atom stereocenters. The molecule has 2 heterocycles. The molecular formula is C14H18N2O3S. The van der Waals surface area contributed by atoms with E-state index in [2.05, 4.69) is 5.32 Å². The van der Waals surface area contributed by atoms with Crippen LogP contribution in [0.4, 0.5) is 0 Å². The highest BCUT2D eigenvalue weighted by atomic mass is 32.1. The third kappa shape index (κ3) is 3.13. The quantitative estimate of drug-likeness (QED) is 0.659. The van der Waals surface area contributed by atoms with Gasteiger partial charge >= 0.3 is 0 Å². The number of carbonyl (C=O) groups excluding carboxylic acids is 3. The van der Waals surface area contributed by atoms with Gasteiger partial charge in [-0.15, -0.1) is 11.3 Å². The zero-order valence-corrected chi connectivity index (χ0v) is 12.5. The summed E-state index contributed by atoms with van der Waals surface area (Å²) >= 11 is 1.44. The zero-order valence-electron chi connectivity index (χ0n) is 11.6. The molecule has 5 nitrogen and oxygen atoms in total. The van der Waals surface area contributed by atoms with Crippen LogP contribution in [-0.4, -0.2) is 41.1 Å². The number of nitrogens with one attached hydrogen (secondary N) is 1. The minimum absolute atomic E-state index is 0.116. The van der Waals surface area contributed by atoms with Crippen molar-refractivity contribution in [1.82, 2.24) is 10.2 Å². The molecule has 1 saturated heterocycles. The van der Waals surface area contributed by atoms with E-state index < -0.39 is 5.54 Å². The number of nitrogens with zero attached hydrogens (tertiary/aromatic N) is 1. The molecule has 1 aromatic heterocycles. The van der Waals surface area contributed by atoms with Crippen molar-refractivity contribution in [2.24, 2.45) is 0 Å². The van der Waals surface area contributed by atoms with E-state index in [1.807, 2.05) is 22.4 Å². The average Bonchev–Trinajstić information content (AvgIpc) is 2.89. The Balaban J connectivity index is 1.88. The van der Waals surface area contributed by atoms with Crippen molar-refractivity contribution in [3.63, 3.8) is 0 Å². The predicted molar refractivity (Wildman–Crippen MR) is 76.7 cm³/mol. The molecular weight excluding hydrogens is 276 g/mol. The summed E-state index contributed by atoms with van der Waals surface area (Å²) < 4.78 is 0. The maximum absolute atomic E-state index is 11.9. The van der Waals surface area contributed by atoms with E-state index in [0.29, 0.717) is 19.4 Å². The third-order valence-electron chi connectivity index (χ3n) is 3.56. The minimum atomic E-state index is -0.708. The smallest absolute Gasteiger partial charge is 0.246 e. The van der Waals surface area contributed by atoms with E-state index in [1.165, 1.54) is 11.3 Å². The third-order valence-corrected chi connectivity index (χ3v) is 4.47. The van der Waals surface area contributed by atoms with Crippen LogP contribution in [0, 0.1) is 0 Å². The molecule has 0 bridgehead atoms. The number of imide groups is 1. The average molecular weight is 294 g/mol. The van der Waals surface area contributed by atoms with Crippen molar-refractivity contribution < 1.29 is 14.4 Å². The van der Waals surface area contributed by atoms with Crippen LogP contribution in [0.25, 0.3) is 0 Å². The lowest BCUT2D eigenvalue weighted by Gasteiger charge is -2.40. The molecule has 108 valence electrons. The summed E-state index contributed by atoms with van der Waals surface area (Å²) in [5, 5.41) is 4.22. The van der Waals surface area contributed by atoms with Gasteiger partial charge in [0, 0.05) is 13.0 Å². The van der Waals surface area contributed by atoms with Gasteiger partial charge in [-0.3, -0.25) is 24.6 Å². The standard InChI is InChI=1S/C14H18N2O3S/c1-14(2)13(19)15-12(18)9-16(14)7-3-5-10(17)11-6-4-8-20-11/h4,6,8H,3,5,7,9H2,1-2H3,(H,15,18,19). The van der Waals surface area contributed by atoms with Gasteiger partial charge in [0.15, 0.2) is 5.78 Å². The van der Waals surface area contributed by atoms with Crippen molar-refractivity contribution in [1.29, 1.82) is 0 Å². The molecule has 20 heavy (non-hydrogen) atoms. The number of hydrogen-bond acceptors (Lipinski definition) is 5. The highest BCUT2D eigenvalue weighted by Crippen LogP contribution is 2.19. The second-order valence-electron chi connectivity index (χ2n) is 5.36. The summed E-state index contributed by atoms with van der Waals surface area (Å²) in [5.41, 5.74) is -0.708. The summed E-state index contributed by atoms with van der Waals surface area (Å²) in [6.45, 7) is 4.33. The van der Waals surface area contributed by atoms with E-state index in [4.69, 9.17) is 0 Å². The number of hydrogen-bond donors (Lipinski definition) is 1. The van der Waals surface area contributed by atoms with E-state index >= 15 is 0 Å². The zero-order chi connectivity index (χ0) is 14.8. The number of Topliss-reactive ketones (excluding diaryl/α,β-unsaturated/α-hetero) is 1. The summed E-state index contributed by atoms with van der Waals surface area (Å²) in [6.07, 6.45) is 1.07. The second kappa shape index (κ2) is 5.85. The maximum Gasteiger partial charge on any atom is 0.246 e.